The van der Waals surface area contributed by atoms with E-state index in [0.717, 1.165) is 5.92 Å². The van der Waals surface area contributed by atoms with Gasteiger partial charge in [0, 0.05) is 18.6 Å². The zero-order valence-corrected chi connectivity index (χ0v) is 11.9. The van der Waals surface area contributed by atoms with Crippen LogP contribution in [0.25, 0.3) is 0 Å². The number of rotatable bonds is 6. The Bertz CT molecular complexity index is 201. The average molecular weight is 226 g/mol. The lowest BCUT2D eigenvalue weighted by Crippen LogP contribution is -2.43. The van der Waals surface area contributed by atoms with Crippen LogP contribution in [0.15, 0.2) is 0 Å². The molecule has 0 bridgehead atoms. The lowest BCUT2D eigenvalue weighted by Gasteiger charge is -2.37. The van der Waals surface area contributed by atoms with Crippen LogP contribution in [0.4, 0.5) is 0 Å². The second-order valence-corrected chi connectivity index (χ2v) is 5.99. The highest BCUT2D eigenvalue weighted by Crippen LogP contribution is 2.23. The van der Waals surface area contributed by atoms with Crippen LogP contribution in [0.1, 0.15) is 47.0 Å². The largest absolute Gasteiger partial charge is 0.303 e. The van der Waals surface area contributed by atoms with E-state index >= 15 is 0 Å². The Balaban J connectivity index is 2.37. The lowest BCUT2D eigenvalue weighted by molar-refractivity contribution is 0.122. The third kappa shape index (κ3) is 3.74. The molecule has 0 aromatic carbocycles. The van der Waals surface area contributed by atoms with Crippen LogP contribution in [0.2, 0.25) is 0 Å². The van der Waals surface area contributed by atoms with E-state index in [1.807, 2.05) is 0 Å². The van der Waals surface area contributed by atoms with E-state index in [1.54, 1.807) is 0 Å². The molecule has 0 aromatic rings. The maximum atomic E-state index is 2.57. The molecule has 1 aliphatic rings. The van der Waals surface area contributed by atoms with Crippen molar-refractivity contribution in [2.24, 2.45) is 5.92 Å². The van der Waals surface area contributed by atoms with Gasteiger partial charge in [0.25, 0.3) is 0 Å². The van der Waals surface area contributed by atoms with Crippen molar-refractivity contribution in [3.8, 4) is 0 Å². The van der Waals surface area contributed by atoms with E-state index in [2.05, 4.69) is 44.5 Å². The van der Waals surface area contributed by atoms with E-state index in [0.29, 0.717) is 5.54 Å². The molecule has 0 saturated carbocycles. The third-order valence-electron chi connectivity index (χ3n) is 4.24. The van der Waals surface area contributed by atoms with Crippen LogP contribution >= 0.6 is 0 Å². The minimum Gasteiger partial charge on any atom is -0.303 e. The van der Waals surface area contributed by atoms with Gasteiger partial charge in [-0.05, 0) is 52.7 Å². The second kappa shape index (κ2) is 6.02. The first-order chi connectivity index (χ1) is 7.49. The van der Waals surface area contributed by atoms with Gasteiger partial charge in [-0.15, -0.1) is 0 Å². The predicted octanol–water partition coefficient (Wildman–Crippen LogP) is 2.84. The molecule has 1 saturated heterocycles. The first-order valence-electron chi connectivity index (χ1n) is 6.93. The van der Waals surface area contributed by atoms with Crippen molar-refractivity contribution in [2.45, 2.75) is 52.5 Å². The summed E-state index contributed by atoms with van der Waals surface area (Å²) in [5, 5.41) is 0. The average Bonchev–Trinajstić information content (AvgIpc) is 2.65. The summed E-state index contributed by atoms with van der Waals surface area (Å²) >= 11 is 0. The SMILES string of the molecule is CCCC(C)(C)N(C)CC1CCN(CC)C1. The second-order valence-electron chi connectivity index (χ2n) is 5.99. The Hall–Kier alpha value is -0.0800. The molecule has 0 aromatic heterocycles. The van der Waals surface area contributed by atoms with Crippen molar-refractivity contribution in [1.29, 1.82) is 0 Å². The van der Waals surface area contributed by atoms with Crippen LogP contribution in [0, 0.1) is 5.92 Å². The quantitative estimate of drug-likeness (QED) is 0.687. The maximum Gasteiger partial charge on any atom is 0.0150 e. The van der Waals surface area contributed by atoms with Crippen molar-refractivity contribution in [1.82, 2.24) is 9.80 Å². The van der Waals surface area contributed by atoms with E-state index in [9.17, 15) is 0 Å². The molecule has 1 atom stereocenters. The predicted molar refractivity (Wildman–Crippen MR) is 71.8 cm³/mol. The Kier molecular flexibility index (Phi) is 5.26. The molecule has 1 fully saturated rings. The summed E-state index contributed by atoms with van der Waals surface area (Å²) in [6, 6.07) is 0. The molecule has 1 aliphatic heterocycles. The summed E-state index contributed by atoms with van der Waals surface area (Å²) in [4.78, 5) is 5.14. The van der Waals surface area contributed by atoms with Gasteiger partial charge in [-0.3, -0.25) is 0 Å². The summed E-state index contributed by atoms with van der Waals surface area (Å²) in [6.45, 7) is 14.4. The number of hydrogen-bond donors (Lipinski definition) is 0. The highest BCUT2D eigenvalue weighted by atomic mass is 15.2. The van der Waals surface area contributed by atoms with Crippen molar-refractivity contribution >= 4 is 0 Å². The standard InChI is InChI=1S/C14H30N2/c1-6-9-14(3,4)15(5)11-13-8-10-16(7-2)12-13/h13H,6-12H2,1-5H3. The summed E-state index contributed by atoms with van der Waals surface area (Å²) in [5.41, 5.74) is 0.369. The van der Waals surface area contributed by atoms with Gasteiger partial charge in [0.1, 0.15) is 0 Å². The van der Waals surface area contributed by atoms with E-state index in [-0.39, 0.29) is 0 Å². The van der Waals surface area contributed by atoms with Gasteiger partial charge in [0.2, 0.25) is 0 Å². The lowest BCUT2D eigenvalue weighted by atomic mass is 9.95. The van der Waals surface area contributed by atoms with Crippen LogP contribution in [-0.4, -0.2) is 48.6 Å². The highest BCUT2D eigenvalue weighted by molar-refractivity contribution is 4.83. The summed E-state index contributed by atoms with van der Waals surface area (Å²) < 4.78 is 0. The zero-order chi connectivity index (χ0) is 12.2. The van der Waals surface area contributed by atoms with Crippen molar-refractivity contribution < 1.29 is 0 Å². The Labute approximate surface area is 102 Å². The van der Waals surface area contributed by atoms with E-state index < -0.39 is 0 Å². The monoisotopic (exact) mass is 226 g/mol. The van der Waals surface area contributed by atoms with Gasteiger partial charge in [-0.2, -0.15) is 0 Å². The van der Waals surface area contributed by atoms with Gasteiger partial charge < -0.3 is 9.80 Å². The first-order valence-corrected chi connectivity index (χ1v) is 6.93. The molecule has 1 heterocycles. The van der Waals surface area contributed by atoms with Crippen LogP contribution in [-0.2, 0) is 0 Å². The van der Waals surface area contributed by atoms with Crippen LogP contribution < -0.4 is 0 Å². The molecule has 0 N–H and O–H groups in total. The minimum atomic E-state index is 0.369. The fraction of sp³-hybridized carbons (Fsp3) is 1.00. The maximum absolute atomic E-state index is 2.57. The highest BCUT2D eigenvalue weighted by Gasteiger charge is 2.28. The Morgan fingerprint density at radius 1 is 1.31 bits per heavy atom. The molecule has 1 rings (SSSR count). The molecule has 2 nitrogen and oxygen atoms in total. The van der Waals surface area contributed by atoms with Crippen molar-refractivity contribution in [3.05, 3.63) is 0 Å². The van der Waals surface area contributed by atoms with E-state index in [1.165, 1.54) is 45.4 Å². The topological polar surface area (TPSA) is 6.48 Å². The van der Waals surface area contributed by atoms with Crippen molar-refractivity contribution in [3.63, 3.8) is 0 Å². The molecule has 96 valence electrons. The van der Waals surface area contributed by atoms with Gasteiger partial charge >= 0.3 is 0 Å². The van der Waals surface area contributed by atoms with Crippen LogP contribution in [0.5, 0.6) is 0 Å². The molecule has 2 heteroatoms. The molecule has 0 radical (unpaired) electrons. The van der Waals surface area contributed by atoms with Gasteiger partial charge in [-0.1, -0.05) is 20.3 Å². The van der Waals surface area contributed by atoms with Crippen LogP contribution in [0.3, 0.4) is 0 Å². The fourth-order valence-corrected chi connectivity index (χ4v) is 2.79. The third-order valence-corrected chi connectivity index (χ3v) is 4.24. The number of hydrogen-bond acceptors (Lipinski definition) is 2. The van der Waals surface area contributed by atoms with Gasteiger partial charge in [0.05, 0.1) is 0 Å². The molecular weight excluding hydrogens is 196 g/mol. The number of nitrogens with zero attached hydrogens (tertiary/aromatic N) is 2. The molecule has 16 heavy (non-hydrogen) atoms. The summed E-state index contributed by atoms with van der Waals surface area (Å²) in [5.74, 6) is 0.890. The Morgan fingerprint density at radius 2 is 2.00 bits per heavy atom. The number of likely N-dealkylation sites (tertiary alicyclic amines) is 1. The first kappa shape index (κ1) is 14.0. The fourth-order valence-electron chi connectivity index (χ4n) is 2.79. The van der Waals surface area contributed by atoms with Crippen molar-refractivity contribution in [2.75, 3.05) is 33.2 Å². The molecule has 1 unspecified atom stereocenters. The summed E-state index contributed by atoms with van der Waals surface area (Å²) in [7, 11) is 2.30. The Morgan fingerprint density at radius 3 is 2.50 bits per heavy atom. The molecule has 0 aliphatic carbocycles. The van der Waals surface area contributed by atoms with E-state index in [4.69, 9.17) is 0 Å². The summed E-state index contributed by atoms with van der Waals surface area (Å²) in [6.07, 6.45) is 3.97. The zero-order valence-electron chi connectivity index (χ0n) is 11.9. The normalized spacial score (nSPS) is 23.2. The van der Waals surface area contributed by atoms with Gasteiger partial charge in [0.15, 0.2) is 0 Å². The molecular formula is C14H30N2. The molecule has 0 amide bonds. The van der Waals surface area contributed by atoms with Gasteiger partial charge in [-0.25, -0.2) is 0 Å². The molecule has 0 spiro atoms. The minimum absolute atomic E-state index is 0.369. The smallest absolute Gasteiger partial charge is 0.0150 e.